The van der Waals surface area contributed by atoms with Gasteiger partial charge in [-0.15, -0.1) is 0 Å². The Balaban J connectivity index is 1.75. The van der Waals surface area contributed by atoms with Crippen LogP contribution in [0.5, 0.6) is 5.75 Å². The molecule has 0 bridgehead atoms. The van der Waals surface area contributed by atoms with Crippen molar-refractivity contribution in [1.29, 1.82) is 0 Å². The van der Waals surface area contributed by atoms with Gasteiger partial charge in [0.05, 0.1) is 7.11 Å². The summed E-state index contributed by atoms with van der Waals surface area (Å²) in [6, 6.07) is 14.7. The van der Waals surface area contributed by atoms with Gasteiger partial charge in [-0.25, -0.2) is 4.79 Å². The first-order valence-electron chi connectivity index (χ1n) is 6.56. The fourth-order valence-corrected chi connectivity index (χ4v) is 1.90. The van der Waals surface area contributed by atoms with Crippen molar-refractivity contribution in [2.24, 2.45) is 0 Å². The maximum absolute atomic E-state index is 11.7. The van der Waals surface area contributed by atoms with Crippen molar-refractivity contribution in [3.8, 4) is 5.75 Å². The van der Waals surface area contributed by atoms with Crippen molar-refractivity contribution in [2.75, 3.05) is 7.11 Å². The third kappa shape index (κ3) is 5.00. The molecular formula is C16H17ClN2O2. The minimum Gasteiger partial charge on any atom is -0.497 e. The van der Waals surface area contributed by atoms with E-state index in [0.717, 1.165) is 16.9 Å². The molecule has 0 aliphatic heterocycles. The molecule has 2 amide bonds. The lowest BCUT2D eigenvalue weighted by atomic mass is 10.2. The zero-order chi connectivity index (χ0) is 15.1. The molecule has 5 heteroatoms. The minimum absolute atomic E-state index is 0.208. The molecule has 4 nitrogen and oxygen atoms in total. The molecule has 0 radical (unpaired) electrons. The molecule has 2 aromatic carbocycles. The van der Waals surface area contributed by atoms with Gasteiger partial charge in [0.15, 0.2) is 0 Å². The van der Waals surface area contributed by atoms with Crippen LogP contribution in [0.1, 0.15) is 11.1 Å². The summed E-state index contributed by atoms with van der Waals surface area (Å²) in [6.45, 7) is 0.933. The van der Waals surface area contributed by atoms with E-state index in [1.165, 1.54) is 0 Å². The Hall–Kier alpha value is -2.20. The van der Waals surface area contributed by atoms with Crippen molar-refractivity contribution < 1.29 is 9.53 Å². The zero-order valence-corrected chi connectivity index (χ0v) is 12.5. The van der Waals surface area contributed by atoms with Crippen LogP contribution in [-0.4, -0.2) is 13.1 Å². The summed E-state index contributed by atoms with van der Waals surface area (Å²) in [5.41, 5.74) is 2.01. The Morgan fingerprint density at radius 3 is 1.90 bits per heavy atom. The average molecular weight is 305 g/mol. The molecule has 0 heterocycles. The number of rotatable bonds is 5. The summed E-state index contributed by atoms with van der Waals surface area (Å²) in [5.74, 6) is 0.797. The highest BCUT2D eigenvalue weighted by Gasteiger charge is 2.01. The molecule has 2 aromatic rings. The quantitative estimate of drug-likeness (QED) is 0.890. The Bertz CT molecular complexity index is 582. The smallest absolute Gasteiger partial charge is 0.315 e. The van der Waals surface area contributed by atoms with Crippen molar-refractivity contribution in [1.82, 2.24) is 10.6 Å². The minimum atomic E-state index is -0.208. The summed E-state index contributed by atoms with van der Waals surface area (Å²) in [4.78, 5) is 11.7. The van der Waals surface area contributed by atoms with Crippen LogP contribution in [0, 0.1) is 0 Å². The number of hydrogen-bond donors (Lipinski definition) is 2. The molecule has 2 N–H and O–H groups in total. The first kappa shape index (κ1) is 15.2. The molecule has 0 fully saturated rings. The van der Waals surface area contributed by atoms with Crippen LogP contribution in [0.25, 0.3) is 0 Å². The Morgan fingerprint density at radius 1 is 0.952 bits per heavy atom. The first-order chi connectivity index (χ1) is 10.2. The number of hydrogen-bond acceptors (Lipinski definition) is 2. The second kappa shape index (κ2) is 7.55. The van der Waals surface area contributed by atoms with Gasteiger partial charge < -0.3 is 15.4 Å². The van der Waals surface area contributed by atoms with Gasteiger partial charge >= 0.3 is 6.03 Å². The molecule has 0 aliphatic rings. The second-order valence-electron chi connectivity index (χ2n) is 4.51. The van der Waals surface area contributed by atoms with E-state index in [1.54, 1.807) is 19.2 Å². The highest BCUT2D eigenvalue weighted by Crippen LogP contribution is 2.11. The Kier molecular flexibility index (Phi) is 5.46. The topological polar surface area (TPSA) is 50.4 Å². The van der Waals surface area contributed by atoms with Crippen LogP contribution >= 0.6 is 11.6 Å². The Morgan fingerprint density at radius 2 is 1.43 bits per heavy atom. The molecule has 0 unspecified atom stereocenters. The molecule has 0 atom stereocenters. The lowest BCUT2D eigenvalue weighted by Gasteiger charge is -2.08. The van der Waals surface area contributed by atoms with Gasteiger partial charge in [0, 0.05) is 18.1 Å². The standard InChI is InChI=1S/C16H17ClN2O2/c1-21-15-8-4-13(5-9-15)11-19-16(20)18-10-12-2-6-14(17)7-3-12/h2-9H,10-11H2,1H3,(H2,18,19,20). The van der Waals surface area contributed by atoms with Crippen molar-refractivity contribution in [3.05, 3.63) is 64.7 Å². The van der Waals surface area contributed by atoms with E-state index < -0.39 is 0 Å². The zero-order valence-electron chi connectivity index (χ0n) is 11.7. The van der Waals surface area contributed by atoms with E-state index in [-0.39, 0.29) is 6.03 Å². The van der Waals surface area contributed by atoms with E-state index in [0.29, 0.717) is 18.1 Å². The highest BCUT2D eigenvalue weighted by atomic mass is 35.5. The van der Waals surface area contributed by atoms with Crippen LogP contribution < -0.4 is 15.4 Å². The average Bonchev–Trinajstić information content (AvgIpc) is 2.53. The van der Waals surface area contributed by atoms with Gasteiger partial charge in [-0.1, -0.05) is 35.9 Å². The summed E-state index contributed by atoms with van der Waals surface area (Å²) < 4.78 is 5.08. The predicted octanol–water partition coefficient (Wildman–Crippen LogP) is 3.35. The molecule has 0 saturated carbocycles. The van der Waals surface area contributed by atoms with E-state index >= 15 is 0 Å². The highest BCUT2D eigenvalue weighted by molar-refractivity contribution is 6.30. The van der Waals surface area contributed by atoms with E-state index in [2.05, 4.69) is 10.6 Å². The van der Waals surface area contributed by atoms with Crippen LogP contribution in [0.4, 0.5) is 4.79 Å². The van der Waals surface area contributed by atoms with Gasteiger partial charge in [-0.3, -0.25) is 0 Å². The van der Waals surface area contributed by atoms with Gasteiger partial charge in [0.1, 0.15) is 5.75 Å². The van der Waals surface area contributed by atoms with Crippen molar-refractivity contribution in [3.63, 3.8) is 0 Å². The number of nitrogens with one attached hydrogen (secondary N) is 2. The van der Waals surface area contributed by atoms with Crippen molar-refractivity contribution in [2.45, 2.75) is 13.1 Å². The summed E-state index contributed by atoms with van der Waals surface area (Å²) in [6.07, 6.45) is 0. The van der Waals surface area contributed by atoms with Crippen LogP contribution in [-0.2, 0) is 13.1 Å². The molecule has 21 heavy (non-hydrogen) atoms. The predicted molar refractivity (Wildman–Crippen MR) is 83.5 cm³/mol. The maximum atomic E-state index is 11.7. The number of ether oxygens (including phenoxy) is 1. The third-order valence-electron chi connectivity index (χ3n) is 2.98. The van der Waals surface area contributed by atoms with E-state index in [4.69, 9.17) is 16.3 Å². The number of carbonyl (C=O) groups is 1. The maximum Gasteiger partial charge on any atom is 0.315 e. The summed E-state index contributed by atoms with van der Waals surface area (Å²) >= 11 is 5.80. The van der Waals surface area contributed by atoms with Crippen LogP contribution in [0.15, 0.2) is 48.5 Å². The normalized spacial score (nSPS) is 10.0. The van der Waals surface area contributed by atoms with Crippen LogP contribution in [0.3, 0.4) is 0 Å². The first-order valence-corrected chi connectivity index (χ1v) is 6.94. The Labute approximate surface area is 129 Å². The fraction of sp³-hybridized carbons (Fsp3) is 0.188. The van der Waals surface area contributed by atoms with Gasteiger partial charge in [0.25, 0.3) is 0 Å². The lowest BCUT2D eigenvalue weighted by molar-refractivity contribution is 0.240. The fourth-order valence-electron chi connectivity index (χ4n) is 1.77. The number of carbonyl (C=O) groups excluding carboxylic acids is 1. The largest absolute Gasteiger partial charge is 0.497 e. The van der Waals surface area contributed by atoms with Gasteiger partial charge in [0.2, 0.25) is 0 Å². The number of amides is 2. The van der Waals surface area contributed by atoms with Crippen molar-refractivity contribution >= 4 is 17.6 Å². The third-order valence-corrected chi connectivity index (χ3v) is 3.23. The number of methoxy groups -OCH3 is 1. The summed E-state index contributed by atoms with van der Waals surface area (Å²) in [5, 5.41) is 6.28. The summed E-state index contributed by atoms with van der Waals surface area (Å²) in [7, 11) is 1.62. The van der Waals surface area contributed by atoms with E-state index in [9.17, 15) is 4.79 Å². The van der Waals surface area contributed by atoms with Gasteiger partial charge in [-0.2, -0.15) is 0 Å². The number of benzene rings is 2. The molecule has 110 valence electrons. The second-order valence-corrected chi connectivity index (χ2v) is 4.95. The number of urea groups is 1. The molecule has 0 saturated heterocycles. The van der Waals surface area contributed by atoms with E-state index in [1.807, 2.05) is 36.4 Å². The number of halogens is 1. The monoisotopic (exact) mass is 304 g/mol. The molecule has 0 aromatic heterocycles. The van der Waals surface area contributed by atoms with Crippen LogP contribution in [0.2, 0.25) is 5.02 Å². The molecule has 0 spiro atoms. The molecule has 2 rings (SSSR count). The SMILES string of the molecule is COc1ccc(CNC(=O)NCc2ccc(Cl)cc2)cc1. The lowest BCUT2D eigenvalue weighted by Crippen LogP contribution is -2.34. The molecule has 0 aliphatic carbocycles. The van der Waals surface area contributed by atoms with Gasteiger partial charge in [-0.05, 0) is 35.4 Å². The molecular weight excluding hydrogens is 288 g/mol.